The van der Waals surface area contributed by atoms with E-state index in [-0.39, 0.29) is 11.3 Å². The Bertz CT molecular complexity index is 1150. The lowest BCUT2D eigenvalue weighted by Crippen LogP contribution is -2.29. The zero-order valence-electron chi connectivity index (χ0n) is 17.1. The topological polar surface area (TPSA) is 60.9 Å². The molecule has 0 aliphatic carbocycles. The number of rotatable bonds is 4. The minimum Gasteiger partial charge on any atom is -0.507 e. The molecule has 0 radical (unpaired) electrons. The standard InChI is InChI=1S/C25H21BrN2O3/c1-27(2)19-12-14-20(15-13-19)28-22(16-8-10-18(26)11-9-16)21(24(30)25(28)31)23(29)17-6-4-3-5-7-17/h3-15,22,29H,1-2H3/b23-21+/t22-/m0/s1. The Morgan fingerprint density at radius 3 is 2.10 bits per heavy atom. The van der Waals surface area contributed by atoms with E-state index in [4.69, 9.17) is 0 Å². The van der Waals surface area contributed by atoms with Crippen molar-refractivity contribution in [3.8, 4) is 0 Å². The molecule has 1 aliphatic heterocycles. The number of benzene rings is 3. The molecule has 156 valence electrons. The van der Waals surface area contributed by atoms with Gasteiger partial charge in [-0.05, 0) is 42.0 Å². The third-order valence-corrected chi connectivity index (χ3v) is 5.85. The Kier molecular flexibility index (Phi) is 5.65. The van der Waals surface area contributed by atoms with E-state index >= 15 is 0 Å². The first-order valence-electron chi connectivity index (χ1n) is 9.78. The molecule has 0 bridgehead atoms. The number of aliphatic hydroxyl groups is 1. The molecule has 1 aliphatic rings. The highest BCUT2D eigenvalue weighted by molar-refractivity contribution is 9.10. The highest BCUT2D eigenvalue weighted by Crippen LogP contribution is 2.42. The molecule has 0 saturated carbocycles. The zero-order chi connectivity index (χ0) is 22.1. The van der Waals surface area contributed by atoms with E-state index in [1.54, 1.807) is 24.3 Å². The van der Waals surface area contributed by atoms with Crippen molar-refractivity contribution in [2.45, 2.75) is 6.04 Å². The Morgan fingerprint density at radius 1 is 0.903 bits per heavy atom. The molecule has 3 aromatic rings. The van der Waals surface area contributed by atoms with Crippen LogP contribution in [0.15, 0.2) is 88.9 Å². The Labute approximate surface area is 189 Å². The highest BCUT2D eigenvalue weighted by atomic mass is 79.9. The average molecular weight is 477 g/mol. The molecule has 1 saturated heterocycles. The maximum atomic E-state index is 13.1. The van der Waals surface area contributed by atoms with Gasteiger partial charge < -0.3 is 10.0 Å². The van der Waals surface area contributed by atoms with Crippen LogP contribution < -0.4 is 9.80 Å². The second-order valence-corrected chi connectivity index (χ2v) is 8.41. The fourth-order valence-electron chi connectivity index (χ4n) is 3.72. The fraction of sp³-hybridized carbons (Fsp3) is 0.120. The minimum absolute atomic E-state index is 0.0789. The summed E-state index contributed by atoms with van der Waals surface area (Å²) < 4.78 is 0.881. The van der Waals surface area contributed by atoms with E-state index in [0.717, 1.165) is 15.7 Å². The van der Waals surface area contributed by atoms with Crippen molar-refractivity contribution in [2.24, 2.45) is 0 Å². The molecule has 1 fully saturated rings. The Morgan fingerprint density at radius 2 is 1.52 bits per heavy atom. The number of ketones is 1. The number of anilines is 2. The maximum Gasteiger partial charge on any atom is 0.300 e. The molecule has 0 spiro atoms. The zero-order valence-corrected chi connectivity index (χ0v) is 18.7. The molecule has 1 atom stereocenters. The molecular formula is C25H21BrN2O3. The van der Waals surface area contributed by atoms with Crippen molar-refractivity contribution in [1.82, 2.24) is 0 Å². The predicted molar refractivity (Wildman–Crippen MR) is 126 cm³/mol. The quantitative estimate of drug-likeness (QED) is 0.321. The Balaban J connectivity index is 1.90. The normalized spacial score (nSPS) is 17.8. The summed E-state index contributed by atoms with van der Waals surface area (Å²) >= 11 is 3.43. The first-order chi connectivity index (χ1) is 14.9. The number of Topliss-reactive ketones (excluding diaryl/α,β-unsaturated/α-hetero) is 1. The first-order valence-corrected chi connectivity index (χ1v) is 10.6. The summed E-state index contributed by atoms with van der Waals surface area (Å²) in [6, 6.07) is 22.9. The number of carbonyl (C=O) groups excluding carboxylic acids is 2. The molecular weight excluding hydrogens is 456 g/mol. The summed E-state index contributed by atoms with van der Waals surface area (Å²) in [5.41, 5.74) is 2.87. The number of aliphatic hydroxyl groups excluding tert-OH is 1. The van der Waals surface area contributed by atoms with Crippen LogP contribution in [0.4, 0.5) is 11.4 Å². The van der Waals surface area contributed by atoms with Crippen LogP contribution in [-0.2, 0) is 9.59 Å². The smallest absolute Gasteiger partial charge is 0.300 e. The van der Waals surface area contributed by atoms with Crippen molar-refractivity contribution >= 4 is 44.8 Å². The van der Waals surface area contributed by atoms with Gasteiger partial charge in [0.1, 0.15) is 5.76 Å². The minimum atomic E-state index is -0.737. The van der Waals surface area contributed by atoms with Crippen LogP contribution in [0.5, 0.6) is 0 Å². The van der Waals surface area contributed by atoms with E-state index in [1.165, 1.54) is 4.90 Å². The van der Waals surface area contributed by atoms with Crippen molar-refractivity contribution in [2.75, 3.05) is 23.9 Å². The maximum absolute atomic E-state index is 13.1. The number of nitrogens with zero attached hydrogens (tertiary/aromatic N) is 2. The van der Waals surface area contributed by atoms with E-state index in [0.29, 0.717) is 11.3 Å². The first kappa shape index (κ1) is 20.9. The van der Waals surface area contributed by atoms with Gasteiger partial charge in [-0.2, -0.15) is 0 Å². The van der Waals surface area contributed by atoms with Gasteiger partial charge in [-0.15, -0.1) is 0 Å². The van der Waals surface area contributed by atoms with Crippen LogP contribution in [0.3, 0.4) is 0 Å². The van der Waals surface area contributed by atoms with Gasteiger partial charge in [-0.25, -0.2) is 0 Å². The third kappa shape index (κ3) is 3.86. The van der Waals surface area contributed by atoms with E-state index in [2.05, 4.69) is 15.9 Å². The molecule has 6 heteroatoms. The molecule has 1 heterocycles. The number of halogens is 1. The summed E-state index contributed by atoms with van der Waals surface area (Å²) in [5, 5.41) is 11.0. The molecule has 0 aromatic heterocycles. The number of amides is 1. The molecule has 3 aromatic carbocycles. The van der Waals surface area contributed by atoms with Gasteiger partial charge in [0.05, 0.1) is 11.6 Å². The lowest BCUT2D eigenvalue weighted by Gasteiger charge is -2.26. The molecule has 0 unspecified atom stereocenters. The molecule has 31 heavy (non-hydrogen) atoms. The third-order valence-electron chi connectivity index (χ3n) is 5.32. The number of hydrogen-bond donors (Lipinski definition) is 1. The van der Waals surface area contributed by atoms with Crippen molar-refractivity contribution in [1.29, 1.82) is 0 Å². The van der Waals surface area contributed by atoms with Gasteiger partial charge in [0.2, 0.25) is 0 Å². The predicted octanol–water partition coefficient (Wildman–Crippen LogP) is 5.14. The average Bonchev–Trinajstić information content (AvgIpc) is 3.05. The van der Waals surface area contributed by atoms with Crippen LogP contribution in [0.25, 0.3) is 5.76 Å². The van der Waals surface area contributed by atoms with Crippen molar-refractivity contribution < 1.29 is 14.7 Å². The molecule has 5 nitrogen and oxygen atoms in total. The summed E-state index contributed by atoms with van der Waals surface area (Å²) in [6.07, 6.45) is 0. The largest absolute Gasteiger partial charge is 0.507 e. The van der Waals surface area contributed by atoms with E-state index < -0.39 is 17.7 Å². The van der Waals surface area contributed by atoms with Gasteiger partial charge in [0.15, 0.2) is 0 Å². The number of hydrogen-bond acceptors (Lipinski definition) is 4. The van der Waals surface area contributed by atoms with Gasteiger partial charge in [-0.3, -0.25) is 14.5 Å². The fourth-order valence-corrected chi connectivity index (χ4v) is 3.99. The van der Waals surface area contributed by atoms with Crippen molar-refractivity contribution in [3.63, 3.8) is 0 Å². The van der Waals surface area contributed by atoms with Crippen LogP contribution in [0, 0.1) is 0 Å². The van der Waals surface area contributed by atoms with E-state index in [1.807, 2.05) is 73.6 Å². The SMILES string of the molecule is CN(C)c1ccc(N2C(=O)C(=O)/C(=C(/O)c3ccccc3)[C@@H]2c2ccc(Br)cc2)cc1. The lowest BCUT2D eigenvalue weighted by atomic mass is 9.95. The monoisotopic (exact) mass is 476 g/mol. The van der Waals surface area contributed by atoms with Gasteiger partial charge in [-0.1, -0.05) is 58.4 Å². The van der Waals surface area contributed by atoms with Crippen LogP contribution in [0.1, 0.15) is 17.2 Å². The van der Waals surface area contributed by atoms with Crippen molar-refractivity contribution in [3.05, 3.63) is 100 Å². The summed E-state index contributed by atoms with van der Waals surface area (Å²) in [4.78, 5) is 29.7. The summed E-state index contributed by atoms with van der Waals surface area (Å²) in [5.74, 6) is -1.55. The molecule has 1 N–H and O–H groups in total. The Hall–Kier alpha value is -3.38. The van der Waals surface area contributed by atoms with Gasteiger partial charge in [0, 0.05) is 35.5 Å². The second kappa shape index (κ2) is 8.40. The second-order valence-electron chi connectivity index (χ2n) is 7.50. The van der Waals surface area contributed by atoms with Gasteiger partial charge in [0.25, 0.3) is 11.7 Å². The van der Waals surface area contributed by atoms with Crippen LogP contribution >= 0.6 is 15.9 Å². The summed E-state index contributed by atoms with van der Waals surface area (Å²) in [6.45, 7) is 0. The van der Waals surface area contributed by atoms with E-state index in [9.17, 15) is 14.7 Å². The number of carbonyl (C=O) groups is 2. The van der Waals surface area contributed by atoms with Gasteiger partial charge >= 0.3 is 0 Å². The van der Waals surface area contributed by atoms with Crippen LogP contribution in [-0.4, -0.2) is 30.9 Å². The summed E-state index contributed by atoms with van der Waals surface area (Å²) in [7, 11) is 3.87. The highest BCUT2D eigenvalue weighted by Gasteiger charge is 2.46. The van der Waals surface area contributed by atoms with Crippen LogP contribution in [0.2, 0.25) is 0 Å². The molecule has 1 amide bonds. The lowest BCUT2D eigenvalue weighted by molar-refractivity contribution is -0.132. The molecule has 4 rings (SSSR count).